The summed E-state index contributed by atoms with van der Waals surface area (Å²) in [4.78, 5) is 16.8. The normalized spacial score (nSPS) is 19.6. The minimum Gasteiger partial charge on any atom is -0.490 e. The van der Waals surface area contributed by atoms with Gasteiger partial charge in [-0.1, -0.05) is 18.5 Å². The van der Waals surface area contributed by atoms with Crippen LogP contribution in [0.3, 0.4) is 0 Å². The van der Waals surface area contributed by atoms with Crippen LogP contribution in [0.1, 0.15) is 54.9 Å². The Balaban J connectivity index is 1.39. The number of nitrogens with zero attached hydrogens (tertiary/aromatic N) is 1. The maximum atomic E-state index is 13.2. The second kappa shape index (κ2) is 10.2. The van der Waals surface area contributed by atoms with Crippen molar-refractivity contribution in [1.29, 1.82) is 0 Å². The number of halogens is 4. The molecule has 4 nitrogen and oxygen atoms in total. The number of hydrogen-bond donors (Lipinski definition) is 1. The molecule has 1 saturated carbocycles. The quantitative estimate of drug-likeness (QED) is 0.402. The number of alkyl halides is 3. The maximum absolute atomic E-state index is 13.2. The van der Waals surface area contributed by atoms with Crippen LogP contribution in [0.25, 0.3) is 10.9 Å². The summed E-state index contributed by atoms with van der Waals surface area (Å²) in [7, 11) is 0. The first-order valence-corrected chi connectivity index (χ1v) is 11.8. The SMILES string of the molecule is CCC(NC(=O)c1ccc(Cl)cc1)[C@H]1CC[C@@H](Oc2ccnc3ccc(C(F)(F)F)cc23)CC1. The lowest BCUT2D eigenvalue weighted by Crippen LogP contribution is -2.42. The van der Waals surface area contributed by atoms with Gasteiger partial charge in [0, 0.05) is 28.2 Å². The molecule has 0 spiro atoms. The highest BCUT2D eigenvalue weighted by atomic mass is 35.5. The molecule has 0 saturated heterocycles. The lowest BCUT2D eigenvalue weighted by atomic mass is 9.81. The summed E-state index contributed by atoms with van der Waals surface area (Å²) in [5.74, 6) is 0.611. The Morgan fingerprint density at radius 3 is 2.47 bits per heavy atom. The third-order valence-corrected chi connectivity index (χ3v) is 6.73. The number of benzene rings is 2. The van der Waals surface area contributed by atoms with Gasteiger partial charge in [-0.2, -0.15) is 13.2 Å². The number of hydrogen-bond acceptors (Lipinski definition) is 3. The first-order chi connectivity index (χ1) is 16.2. The summed E-state index contributed by atoms with van der Waals surface area (Å²) in [5.41, 5.74) is 0.321. The number of ether oxygens (including phenoxy) is 1. The highest BCUT2D eigenvalue weighted by molar-refractivity contribution is 6.30. The fourth-order valence-electron chi connectivity index (χ4n) is 4.59. The van der Waals surface area contributed by atoms with Crippen molar-refractivity contribution in [2.45, 2.75) is 57.3 Å². The first-order valence-electron chi connectivity index (χ1n) is 11.4. The lowest BCUT2D eigenvalue weighted by Gasteiger charge is -2.34. The predicted octanol–water partition coefficient (Wildman–Crippen LogP) is 7.05. The van der Waals surface area contributed by atoms with Gasteiger partial charge in [-0.3, -0.25) is 9.78 Å². The van der Waals surface area contributed by atoms with Crippen LogP contribution in [-0.2, 0) is 6.18 Å². The van der Waals surface area contributed by atoms with Gasteiger partial charge in [0.15, 0.2) is 0 Å². The molecule has 1 aliphatic rings. The lowest BCUT2D eigenvalue weighted by molar-refractivity contribution is -0.137. The minimum atomic E-state index is -4.43. The summed E-state index contributed by atoms with van der Waals surface area (Å²) in [6.45, 7) is 2.05. The van der Waals surface area contributed by atoms with Gasteiger partial charge in [-0.15, -0.1) is 0 Å². The second-order valence-electron chi connectivity index (χ2n) is 8.69. The molecule has 4 rings (SSSR count). The van der Waals surface area contributed by atoms with Gasteiger partial charge in [0.1, 0.15) is 5.75 Å². The molecule has 1 amide bonds. The molecule has 1 unspecified atom stereocenters. The Kier molecular flexibility index (Phi) is 7.31. The van der Waals surface area contributed by atoms with E-state index in [9.17, 15) is 18.0 Å². The molecule has 1 aromatic heterocycles. The second-order valence-corrected chi connectivity index (χ2v) is 9.12. The van der Waals surface area contributed by atoms with Crippen LogP contribution in [0, 0.1) is 5.92 Å². The van der Waals surface area contributed by atoms with Crippen molar-refractivity contribution >= 4 is 28.4 Å². The Morgan fingerprint density at radius 1 is 1.12 bits per heavy atom. The molecule has 0 bridgehead atoms. The minimum absolute atomic E-state index is 0.0419. The van der Waals surface area contributed by atoms with Crippen LogP contribution in [0.15, 0.2) is 54.7 Å². The number of pyridine rings is 1. The molecule has 1 heterocycles. The highest BCUT2D eigenvalue weighted by Gasteiger charge is 2.32. The van der Waals surface area contributed by atoms with Crippen molar-refractivity contribution in [3.8, 4) is 5.75 Å². The summed E-state index contributed by atoms with van der Waals surface area (Å²) in [6.07, 6.45) is 1.09. The van der Waals surface area contributed by atoms with E-state index in [-0.39, 0.29) is 18.1 Å². The van der Waals surface area contributed by atoms with Gasteiger partial charge in [0.05, 0.1) is 17.2 Å². The van der Waals surface area contributed by atoms with E-state index in [0.717, 1.165) is 44.2 Å². The third kappa shape index (κ3) is 5.63. The van der Waals surface area contributed by atoms with Crippen molar-refractivity contribution < 1.29 is 22.7 Å². The molecule has 1 fully saturated rings. The van der Waals surface area contributed by atoms with E-state index < -0.39 is 11.7 Å². The van der Waals surface area contributed by atoms with Crippen LogP contribution in [0.2, 0.25) is 5.02 Å². The van der Waals surface area contributed by atoms with Crippen molar-refractivity contribution in [3.63, 3.8) is 0 Å². The van der Waals surface area contributed by atoms with E-state index in [0.29, 0.717) is 33.2 Å². The molecule has 1 N–H and O–H groups in total. The number of rotatable bonds is 6. The van der Waals surface area contributed by atoms with E-state index in [2.05, 4.69) is 17.2 Å². The molecule has 0 radical (unpaired) electrons. The summed E-state index contributed by atoms with van der Waals surface area (Å²) in [5, 5.41) is 4.09. The van der Waals surface area contributed by atoms with E-state index in [1.165, 1.54) is 6.07 Å². The zero-order chi connectivity index (χ0) is 24.3. The third-order valence-electron chi connectivity index (χ3n) is 6.47. The molecule has 0 aliphatic heterocycles. The topological polar surface area (TPSA) is 51.2 Å². The van der Waals surface area contributed by atoms with Gasteiger partial charge in [0.2, 0.25) is 0 Å². The van der Waals surface area contributed by atoms with Crippen LogP contribution in [0.4, 0.5) is 13.2 Å². The summed E-state index contributed by atoms with van der Waals surface area (Å²) in [6, 6.07) is 12.0. The number of carbonyl (C=O) groups excluding carboxylic acids is 1. The number of nitrogens with one attached hydrogen (secondary N) is 1. The van der Waals surface area contributed by atoms with Crippen molar-refractivity contribution in [1.82, 2.24) is 10.3 Å². The Bertz CT molecular complexity index is 1140. The maximum Gasteiger partial charge on any atom is 0.416 e. The highest BCUT2D eigenvalue weighted by Crippen LogP contribution is 2.36. The van der Waals surface area contributed by atoms with E-state index in [1.54, 1.807) is 36.5 Å². The van der Waals surface area contributed by atoms with Crippen molar-refractivity contribution in [2.24, 2.45) is 5.92 Å². The zero-order valence-corrected chi connectivity index (χ0v) is 19.5. The van der Waals surface area contributed by atoms with Gasteiger partial charge in [-0.25, -0.2) is 0 Å². The number of aromatic nitrogens is 1. The first kappa shape index (κ1) is 24.3. The van der Waals surface area contributed by atoms with Gasteiger partial charge in [-0.05, 0) is 86.6 Å². The van der Waals surface area contributed by atoms with E-state index in [1.807, 2.05) is 0 Å². The van der Waals surface area contributed by atoms with Gasteiger partial charge in [0.25, 0.3) is 5.91 Å². The van der Waals surface area contributed by atoms with Gasteiger partial charge >= 0.3 is 6.18 Å². The number of carbonyl (C=O) groups is 1. The number of amides is 1. The van der Waals surface area contributed by atoms with Gasteiger partial charge < -0.3 is 10.1 Å². The average molecular weight is 491 g/mol. The Labute approximate surface area is 201 Å². The molecule has 180 valence electrons. The molecule has 34 heavy (non-hydrogen) atoms. The fraction of sp³-hybridized carbons (Fsp3) is 0.385. The largest absolute Gasteiger partial charge is 0.490 e. The van der Waals surface area contributed by atoms with Crippen LogP contribution >= 0.6 is 11.6 Å². The average Bonchev–Trinajstić information content (AvgIpc) is 2.83. The van der Waals surface area contributed by atoms with Crippen molar-refractivity contribution in [3.05, 3.63) is 70.9 Å². The standard InChI is InChI=1S/C26H26ClF3N2O2/c1-2-22(32-25(33)17-3-8-19(27)9-4-17)16-5-10-20(11-6-16)34-24-13-14-31-23-12-7-18(15-21(23)24)26(28,29)30/h3-4,7-9,12-16,20,22H,2,5-6,10-11H2,1H3,(H,32,33)/t16-,20+,22?. The predicted molar refractivity (Wildman–Crippen MR) is 126 cm³/mol. The summed E-state index contributed by atoms with van der Waals surface area (Å²) < 4.78 is 45.7. The van der Waals surface area contributed by atoms with E-state index >= 15 is 0 Å². The van der Waals surface area contributed by atoms with Crippen molar-refractivity contribution in [2.75, 3.05) is 0 Å². The molecule has 8 heteroatoms. The molecular formula is C26H26ClF3N2O2. The Morgan fingerprint density at radius 2 is 1.82 bits per heavy atom. The molecule has 2 aromatic carbocycles. The Hall–Kier alpha value is -2.80. The van der Waals surface area contributed by atoms with Crippen LogP contribution in [-0.4, -0.2) is 23.0 Å². The fourth-order valence-corrected chi connectivity index (χ4v) is 4.72. The molecule has 1 atom stereocenters. The monoisotopic (exact) mass is 490 g/mol. The molecule has 3 aromatic rings. The zero-order valence-electron chi connectivity index (χ0n) is 18.7. The number of fused-ring (bicyclic) bond motifs is 1. The smallest absolute Gasteiger partial charge is 0.416 e. The van der Waals surface area contributed by atoms with Crippen LogP contribution < -0.4 is 10.1 Å². The molecular weight excluding hydrogens is 465 g/mol. The van der Waals surface area contributed by atoms with Crippen LogP contribution in [0.5, 0.6) is 5.75 Å². The summed E-state index contributed by atoms with van der Waals surface area (Å²) >= 11 is 5.91. The molecule has 1 aliphatic carbocycles. The van der Waals surface area contributed by atoms with E-state index in [4.69, 9.17) is 16.3 Å².